The first-order valence-electron chi connectivity index (χ1n) is 10.7. The van der Waals surface area contributed by atoms with Gasteiger partial charge in [0.25, 0.3) is 18.2 Å². The molecule has 36 heavy (non-hydrogen) atoms. The zero-order chi connectivity index (χ0) is 26.9. The Kier molecular flexibility index (Phi) is 9.54. The molecule has 0 bridgehead atoms. The van der Waals surface area contributed by atoms with E-state index >= 15 is 0 Å². The molecule has 0 fully saturated rings. The molecule has 3 amide bonds. The number of alkyl halides is 2. The normalized spacial score (nSPS) is 12.6. The molecule has 2 rings (SSSR count). The van der Waals surface area contributed by atoms with Crippen LogP contribution in [0.15, 0.2) is 48.5 Å². The summed E-state index contributed by atoms with van der Waals surface area (Å²) in [6, 6.07) is 11.5. The van der Waals surface area contributed by atoms with E-state index in [4.69, 9.17) is 5.21 Å². The molecule has 188 valence electrons. The molecule has 0 saturated carbocycles. The number of nitrogens with one attached hydrogen (secondary N) is 3. The van der Waals surface area contributed by atoms with Gasteiger partial charge in [0.1, 0.15) is 11.6 Å². The van der Waals surface area contributed by atoms with E-state index in [-0.39, 0.29) is 5.56 Å². The Morgan fingerprint density at radius 1 is 0.944 bits per heavy atom. The summed E-state index contributed by atoms with van der Waals surface area (Å²) >= 11 is 0. The molecule has 0 heterocycles. The average molecular weight is 497 g/mol. The molecule has 0 radical (unpaired) electrons. The quantitative estimate of drug-likeness (QED) is 0.266. The van der Waals surface area contributed by atoms with Crippen LogP contribution in [-0.4, -0.2) is 55.0 Å². The minimum atomic E-state index is -3.24. The lowest BCUT2D eigenvalue weighted by molar-refractivity contribution is -0.137. The van der Waals surface area contributed by atoms with E-state index < -0.39 is 35.7 Å². The zero-order valence-corrected chi connectivity index (χ0v) is 20.1. The lowest BCUT2D eigenvalue weighted by Crippen LogP contribution is -2.68. The van der Waals surface area contributed by atoms with Crippen LogP contribution in [0.1, 0.15) is 35.3 Å². The third-order valence-electron chi connectivity index (χ3n) is 5.15. The highest BCUT2D eigenvalue weighted by Crippen LogP contribution is 2.21. The summed E-state index contributed by atoms with van der Waals surface area (Å²) in [5, 5.41) is 13.1. The highest BCUT2D eigenvalue weighted by molar-refractivity contribution is 5.98. The van der Waals surface area contributed by atoms with Crippen LogP contribution in [0.3, 0.4) is 0 Å². The van der Waals surface area contributed by atoms with Crippen molar-refractivity contribution < 1.29 is 28.4 Å². The molecule has 0 aliphatic carbocycles. The molecule has 10 heteroatoms. The number of hydroxylamine groups is 1. The van der Waals surface area contributed by atoms with Crippen molar-refractivity contribution >= 4 is 23.4 Å². The number of hydrogen-bond donors (Lipinski definition) is 4. The fourth-order valence-electron chi connectivity index (χ4n) is 3.15. The van der Waals surface area contributed by atoms with Crippen LogP contribution >= 0.6 is 0 Å². The number of halogens is 2. The minimum absolute atomic E-state index is 0.0443. The van der Waals surface area contributed by atoms with Crippen molar-refractivity contribution in [1.29, 1.82) is 0 Å². The maximum Gasteiger partial charge on any atom is 0.268 e. The molecular weight excluding hydrogens is 470 g/mol. The first kappa shape index (κ1) is 27.8. The maximum absolute atomic E-state index is 13.7. The SMILES string of the molecule is CC(=O)NC(C)(C(F)F)[C@H](NC(=O)c1ccc(C#CC#Cc2ccc(N(C)C)cc2)cc1)C(=O)NO. The Hall–Kier alpha value is -4.41. The summed E-state index contributed by atoms with van der Waals surface area (Å²) in [6.07, 6.45) is -3.24. The van der Waals surface area contributed by atoms with Gasteiger partial charge in [-0.05, 0) is 67.3 Å². The van der Waals surface area contributed by atoms with Crippen molar-refractivity contribution in [3.05, 3.63) is 65.2 Å². The van der Waals surface area contributed by atoms with Gasteiger partial charge in [0.2, 0.25) is 5.91 Å². The van der Waals surface area contributed by atoms with E-state index in [1.54, 1.807) is 0 Å². The first-order chi connectivity index (χ1) is 17.0. The smallest absolute Gasteiger partial charge is 0.268 e. The molecule has 2 atom stereocenters. The molecule has 0 aliphatic heterocycles. The molecule has 0 aromatic heterocycles. The summed E-state index contributed by atoms with van der Waals surface area (Å²) in [6.45, 7) is 1.87. The second kappa shape index (κ2) is 12.3. The van der Waals surface area contributed by atoms with Crippen LogP contribution in [0.25, 0.3) is 0 Å². The zero-order valence-electron chi connectivity index (χ0n) is 20.1. The summed E-state index contributed by atoms with van der Waals surface area (Å²) in [4.78, 5) is 38.1. The number of carbonyl (C=O) groups is 3. The standard InChI is InChI=1S/C26H26F2N4O4/c1-17(33)30-26(2,25(27)28)22(24(35)31-36)29-23(34)20-13-9-18(10-14-20)7-5-6-8-19-11-15-21(16-12-19)32(3)4/h9-16,22,25,36H,1-4H3,(H,29,34)(H,30,33)(H,31,35)/t22-,26?/m1/s1. The monoisotopic (exact) mass is 496 g/mol. The number of anilines is 1. The van der Waals surface area contributed by atoms with E-state index in [2.05, 4.69) is 29.0 Å². The highest BCUT2D eigenvalue weighted by atomic mass is 19.3. The Morgan fingerprint density at radius 2 is 1.44 bits per heavy atom. The molecule has 0 spiro atoms. The van der Waals surface area contributed by atoms with Crippen molar-refractivity contribution in [3.8, 4) is 23.7 Å². The first-order valence-corrected chi connectivity index (χ1v) is 10.7. The van der Waals surface area contributed by atoms with E-state index in [0.29, 0.717) is 5.56 Å². The van der Waals surface area contributed by atoms with Crippen molar-refractivity contribution in [3.63, 3.8) is 0 Å². The Bertz CT molecular complexity index is 1220. The topological polar surface area (TPSA) is 111 Å². The summed E-state index contributed by atoms with van der Waals surface area (Å²) in [5.41, 5.74) is 1.20. The lowest BCUT2D eigenvalue weighted by Gasteiger charge is -2.36. The lowest BCUT2D eigenvalue weighted by atomic mass is 9.91. The predicted octanol–water partition coefficient (Wildman–Crippen LogP) is 1.92. The number of hydrogen-bond acceptors (Lipinski definition) is 5. The van der Waals surface area contributed by atoms with Gasteiger partial charge in [-0.15, -0.1) is 0 Å². The Morgan fingerprint density at radius 3 is 1.86 bits per heavy atom. The molecule has 4 N–H and O–H groups in total. The molecule has 2 aromatic rings. The van der Waals surface area contributed by atoms with Crippen LogP contribution < -0.4 is 21.0 Å². The van der Waals surface area contributed by atoms with Crippen LogP contribution in [0.4, 0.5) is 14.5 Å². The number of carbonyl (C=O) groups excluding carboxylic acids is 3. The van der Waals surface area contributed by atoms with Crippen molar-refractivity contribution in [2.75, 3.05) is 19.0 Å². The molecule has 1 unspecified atom stereocenters. The number of amides is 3. The third-order valence-corrected chi connectivity index (χ3v) is 5.15. The third kappa shape index (κ3) is 7.29. The summed E-state index contributed by atoms with van der Waals surface area (Å²) < 4.78 is 27.5. The minimum Gasteiger partial charge on any atom is -0.378 e. The molecular formula is C26H26F2N4O4. The van der Waals surface area contributed by atoms with Crippen molar-refractivity contribution in [1.82, 2.24) is 16.1 Å². The Labute approximate surface area is 208 Å². The van der Waals surface area contributed by atoms with E-state index in [1.807, 2.05) is 48.6 Å². The van der Waals surface area contributed by atoms with Crippen LogP contribution in [-0.2, 0) is 9.59 Å². The van der Waals surface area contributed by atoms with E-state index in [0.717, 1.165) is 25.1 Å². The number of benzene rings is 2. The van der Waals surface area contributed by atoms with Crippen molar-refractivity contribution in [2.24, 2.45) is 0 Å². The van der Waals surface area contributed by atoms with Gasteiger partial charge in [-0.1, -0.05) is 11.8 Å². The summed E-state index contributed by atoms with van der Waals surface area (Å²) in [7, 11) is 3.88. The number of rotatable bonds is 7. The van der Waals surface area contributed by atoms with Crippen molar-refractivity contribution in [2.45, 2.75) is 31.9 Å². The van der Waals surface area contributed by atoms with Gasteiger partial charge in [0.15, 0.2) is 0 Å². The number of nitrogens with zero attached hydrogens (tertiary/aromatic N) is 1. The largest absolute Gasteiger partial charge is 0.378 e. The van der Waals surface area contributed by atoms with Gasteiger partial charge in [-0.3, -0.25) is 19.6 Å². The van der Waals surface area contributed by atoms with Crippen LogP contribution in [0.5, 0.6) is 0 Å². The van der Waals surface area contributed by atoms with Gasteiger partial charge in [-0.25, -0.2) is 14.3 Å². The fraction of sp³-hybridized carbons (Fsp3) is 0.269. The van der Waals surface area contributed by atoms with Gasteiger partial charge < -0.3 is 15.5 Å². The molecule has 2 aromatic carbocycles. The average Bonchev–Trinajstić information content (AvgIpc) is 2.84. The summed E-state index contributed by atoms with van der Waals surface area (Å²) in [5.74, 6) is 8.18. The van der Waals surface area contributed by atoms with Gasteiger partial charge in [0, 0.05) is 43.4 Å². The highest BCUT2D eigenvalue weighted by Gasteiger charge is 2.48. The molecule has 0 aliphatic rings. The predicted molar refractivity (Wildman–Crippen MR) is 130 cm³/mol. The van der Waals surface area contributed by atoms with Crippen LogP contribution in [0.2, 0.25) is 0 Å². The van der Waals surface area contributed by atoms with Crippen LogP contribution in [0, 0.1) is 23.7 Å². The van der Waals surface area contributed by atoms with E-state index in [1.165, 1.54) is 29.7 Å². The Balaban J connectivity index is 2.15. The van der Waals surface area contributed by atoms with Gasteiger partial charge in [-0.2, -0.15) is 0 Å². The second-order valence-corrected chi connectivity index (χ2v) is 8.17. The maximum atomic E-state index is 13.7. The van der Waals surface area contributed by atoms with Gasteiger partial charge >= 0.3 is 0 Å². The fourth-order valence-corrected chi connectivity index (χ4v) is 3.15. The van der Waals surface area contributed by atoms with Gasteiger partial charge in [0.05, 0.1) is 0 Å². The van der Waals surface area contributed by atoms with E-state index in [9.17, 15) is 23.2 Å². The molecule has 8 nitrogen and oxygen atoms in total. The second-order valence-electron chi connectivity index (χ2n) is 8.17. The molecule has 0 saturated heterocycles.